The quantitative estimate of drug-likeness (QED) is 0.268. The van der Waals surface area contributed by atoms with Crippen LogP contribution in [-0.4, -0.2) is 11.1 Å². The third-order valence-corrected chi connectivity index (χ3v) is 6.70. The first-order chi connectivity index (χ1) is 17.2. The minimum Gasteiger partial charge on any atom is -0.457 e. The van der Waals surface area contributed by atoms with E-state index in [1.807, 2.05) is 58.0 Å². The minimum absolute atomic E-state index is 0.159. The van der Waals surface area contributed by atoms with Gasteiger partial charge in [0.25, 0.3) is 5.91 Å². The van der Waals surface area contributed by atoms with Gasteiger partial charge in [0, 0.05) is 11.6 Å². The van der Waals surface area contributed by atoms with Gasteiger partial charge in [-0.05, 0) is 122 Å². The molecule has 6 heteroatoms. The van der Waals surface area contributed by atoms with Crippen LogP contribution in [0.1, 0.15) is 28.0 Å². The molecule has 1 fully saturated rings. The van der Waals surface area contributed by atoms with Crippen molar-refractivity contribution < 1.29 is 13.6 Å². The molecule has 36 heavy (non-hydrogen) atoms. The molecule has 5 rings (SSSR count). The Hall–Kier alpha value is -3.90. The van der Waals surface area contributed by atoms with Crippen LogP contribution in [0, 0.1) is 33.5 Å². The molecule has 0 spiro atoms. The van der Waals surface area contributed by atoms with Crippen molar-refractivity contribution in [2.24, 2.45) is 4.99 Å². The van der Waals surface area contributed by atoms with E-state index in [1.165, 1.54) is 23.9 Å². The van der Waals surface area contributed by atoms with Gasteiger partial charge < -0.3 is 4.42 Å². The topological polar surface area (TPSA) is 45.8 Å². The number of rotatable bonds is 4. The predicted octanol–water partition coefficient (Wildman–Crippen LogP) is 8.13. The van der Waals surface area contributed by atoms with Crippen molar-refractivity contribution in [3.63, 3.8) is 0 Å². The van der Waals surface area contributed by atoms with Crippen LogP contribution < -0.4 is 4.90 Å². The van der Waals surface area contributed by atoms with Crippen LogP contribution in [0.2, 0.25) is 0 Å². The fourth-order valence-electron chi connectivity index (χ4n) is 4.31. The maximum Gasteiger partial charge on any atom is 0.271 e. The Labute approximate surface area is 214 Å². The van der Waals surface area contributed by atoms with Gasteiger partial charge in [0.2, 0.25) is 0 Å². The summed E-state index contributed by atoms with van der Waals surface area (Å²) in [5, 5.41) is 0.589. The van der Waals surface area contributed by atoms with Gasteiger partial charge in [-0.2, -0.15) is 0 Å². The first-order valence-corrected chi connectivity index (χ1v) is 12.4. The van der Waals surface area contributed by atoms with Gasteiger partial charge in [0.15, 0.2) is 5.17 Å². The van der Waals surface area contributed by atoms with Crippen molar-refractivity contribution in [2.45, 2.75) is 27.7 Å². The number of carbonyl (C=O) groups is 1. The molecule has 1 aliphatic rings. The van der Waals surface area contributed by atoms with Gasteiger partial charge >= 0.3 is 0 Å². The van der Waals surface area contributed by atoms with Crippen LogP contribution in [0.15, 0.2) is 87.1 Å². The number of amidine groups is 1. The number of nitrogens with zero attached hydrogens (tertiary/aromatic N) is 2. The van der Waals surface area contributed by atoms with E-state index < -0.39 is 0 Å². The number of halogens is 1. The molecule has 2 heterocycles. The van der Waals surface area contributed by atoms with Crippen LogP contribution >= 0.6 is 11.8 Å². The van der Waals surface area contributed by atoms with Gasteiger partial charge in [-0.25, -0.2) is 9.38 Å². The van der Waals surface area contributed by atoms with Crippen LogP contribution in [0.3, 0.4) is 0 Å². The van der Waals surface area contributed by atoms with Gasteiger partial charge in [0.1, 0.15) is 17.3 Å². The molecule has 1 saturated heterocycles. The van der Waals surface area contributed by atoms with Crippen LogP contribution in [-0.2, 0) is 4.79 Å². The lowest BCUT2D eigenvalue weighted by Gasteiger charge is -2.17. The Morgan fingerprint density at radius 2 is 1.44 bits per heavy atom. The number of carbonyl (C=O) groups excluding carboxylic acids is 1. The standard InChI is InChI=1S/C30H25FN2O2S/c1-18-11-19(2)14-24(13-18)32-30-33(25-15-20(3)12-21(4)16-25)29(34)28(36-30)17-26-9-10-27(35-26)22-5-7-23(31)8-6-22/h5-17H,1-4H3/b28-17+,32-30?. The molecule has 1 amide bonds. The molecule has 0 N–H and O–H groups in total. The molecular weight excluding hydrogens is 471 g/mol. The van der Waals surface area contributed by atoms with E-state index in [0.29, 0.717) is 21.6 Å². The minimum atomic E-state index is -0.303. The predicted molar refractivity (Wildman–Crippen MR) is 146 cm³/mol. The first-order valence-electron chi connectivity index (χ1n) is 11.6. The number of thioether (sulfide) groups is 1. The zero-order valence-electron chi connectivity index (χ0n) is 20.5. The summed E-state index contributed by atoms with van der Waals surface area (Å²) in [7, 11) is 0. The molecule has 1 aliphatic heterocycles. The number of hydrogen-bond acceptors (Lipinski definition) is 4. The largest absolute Gasteiger partial charge is 0.457 e. The summed E-state index contributed by atoms with van der Waals surface area (Å²) in [6, 6.07) is 21.9. The molecule has 0 unspecified atom stereocenters. The van der Waals surface area contributed by atoms with Crippen molar-refractivity contribution in [3.05, 3.63) is 112 Å². The van der Waals surface area contributed by atoms with Crippen molar-refractivity contribution in [2.75, 3.05) is 4.90 Å². The molecule has 3 aromatic carbocycles. The van der Waals surface area contributed by atoms with E-state index in [4.69, 9.17) is 9.41 Å². The van der Waals surface area contributed by atoms with E-state index in [0.717, 1.165) is 39.2 Å². The Morgan fingerprint density at radius 1 is 0.833 bits per heavy atom. The number of amides is 1. The highest BCUT2D eigenvalue weighted by Gasteiger charge is 2.35. The Bertz CT molecular complexity index is 1490. The van der Waals surface area contributed by atoms with Gasteiger partial charge in [-0.1, -0.05) is 12.1 Å². The zero-order chi connectivity index (χ0) is 25.4. The highest BCUT2D eigenvalue weighted by Crippen LogP contribution is 2.38. The van der Waals surface area contributed by atoms with E-state index in [-0.39, 0.29) is 11.7 Å². The molecule has 4 nitrogen and oxygen atoms in total. The number of anilines is 1. The summed E-state index contributed by atoms with van der Waals surface area (Å²) < 4.78 is 19.2. The van der Waals surface area contributed by atoms with Crippen molar-refractivity contribution in [1.29, 1.82) is 0 Å². The fourth-order valence-corrected chi connectivity index (χ4v) is 5.29. The average molecular weight is 497 g/mol. The summed E-state index contributed by atoms with van der Waals surface area (Å²) in [5.74, 6) is 0.682. The molecule has 0 bridgehead atoms. The normalized spacial score (nSPS) is 15.9. The molecule has 0 saturated carbocycles. The van der Waals surface area contributed by atoms with Crippen LogP contribution in [0.25, 0.3) is 17.4 Å². The summed E-state index contributed by atoms with van der Waals surface area (Å²) in [6.45, 7) is 8.10. The summed E-state index contributed by atoms with van der Waals surface area (Å²) in [6.07, 6.45) is 1.74. The molecule has 0 aliphatic carbocycles. The molecule has 0 radical (unpaired) electrons. The second kappa shape index (κ2) is 9.63. The number of aryl methyl sites for hydroxylation is 4. The lowest BCUT2D eigenvalue weighted by Crippen LogP contribution is -2.28. The Morgan fingerprint density at radius 3 is 2.08 bits per heavy atom. The smallest absolute Gasteiger partial charge is 0.271 e. The van der Waals surface area contributed by atoms with E-state index in [9.17, 15) is 9.18 Å². The maximum atomic E-state index is 13.7. The van der Waals surface area contributed by atoms with Gasteiger partial charge in [0.05, 0.1) is 16.3 Å². The molecular formula is C30H25FN2O2S. The zero-order valence-corrected chi connectivity index (χ0v) is 21.3. The SMILES string of the molecule is Cc1cc(C)cc(N=C2S/C(=C/c3ccc(-c4ccc(F)cc4)o3)C(=O)N2c2cc(C)cc(C)c2)c1. The maximum absolute atomic E-state index is 13.7. The van der Waals surface area contributed by atoms with E-state index in [2.05, 4.69) is 12.1 Å². The third-order valence-electron chi connectivity index (χ3n) is 5.73. The van der Waals surface area contributed by atoms with Crippen molar-refractivity contribution in [1.82, 2.24) is 0 Å². The molecule has 4 aromatic rings. The van der Waals surface area contributed by atoms with Crippen LogP contribution in [0.4, 0.5) is 15.8 Å². The lowest BCUT2D eigenvalue weighted by atomic mass is 10.1. The first kappa shape index (κ1) is 23.8. The molecule has 180 valence electrons. The van der Waals surface area contributed by atoms with Gasteiger partial charge in [-0.15, -0.1) is 0 Å². The Balaban J connectivity index is 1.55. The van der Waals surface area contributed by atoms with E-state index in [1.54, 1.807) is 29.2 Å². The highest BCUT2D eigenvalue weighted by atomic mass is 32.2. The monoisotopic (exact) mass is 496 g/mol. The van der Waals surface area contributed by atoms with Crippen molar-refractivity contribution in [3.8, 4) is 11.3 Å². The highest BCUT2D eigenvalue weighted by molar-refractivity contribution is 8.19. The summed E-state index contributed by atoms with van der Waals surface area (Å²) in [4.78, 5) is 20.7. The number of furan rings is 1. The number of benzene rings is 3. The molecule has 1 aromatic heterocycles. The lowest BCUT2D eigenvalue weighted by molar-refractivity contribution is -0.113. The summed E-state index contributed by atoms with van der Waals surface area (Å²) >= 11 is 1.32. The second-order valence-electron chi connectivity index (χ2n) is 9.05. The van der Waals surface area contributed by atoms with Crippen molar-refractivity contribution >= 4 is 40.3 Å². The van der Waals surface area contributed by atoms with E-state index >= 15 is 0 Å². The second-order valence-corrected chi connectivity index (χ2v) is 10.1. The average Bonchev–Trinajstić information content (AvgIpc) is 3.37. The van der Waals surface area contributed by atoms with Gasteiger partial charge in [-0.3, -0.25) is 9.69 Å². The fraction of sp³-hybridized carbons (Fsp3) is 0.133. The number of aliphatic imine (C=N–C) groups is 1. The van der Waals surface area contributed by atoms with Crippen LogP contribution in [0.5, 0.6) is 0 Å². The Kier molecular flexibility index (Phi) is 6.37. The number of hydrogen-bond donors (Lipinski definition) is 0. The third kappa shape index (κ3) is 5.04. The molecule has 0 atom stereocenters. The summed E-state index contributed by atoms with van der Waals surface area (Å²) in [5.41, 5.74) is 6.71.